The number of ether oxygens (including phenoxy) is 1. The van der Waals surface area contributed by atoms with Crippen molar-refractivity contribution in [2.45, 2.75) is 38.0 Å². The maximum atomic E-state index is 12.1. The molecule has 0 unspecified atom stereocenters. The standard InChI is InChI=1S/C18H18N2O4/c21-18(15-7-4-10-19-12-15)24-17-9-8-14(11-16(17)20(22)23)13-5-2-1-3-6-13/h4,7-13H,1-3,5-6H2. The zero-order chi connectivity index (χ0) is 16.9. The van der Waals surface area contributed by atoms with Crippen LogP contribution in [0.4, 0.5) is 5.69 Å². The highest BCUT2D eigenvalue weighted by Crippen LogP contribution is 2.37. The minimum Gasteiger partial charge on any atom is -0.416 e. The van der Waals surface area contributed by atoms with E-state index in [2.05, 4.69) is 4.98 Å². The number of hydrogen-bond donors (Lipinski definition) is 0. The summed E-state index contributed by atoms with van der Waals surface area (Å²) in [7, 11) is 0. The van der Waals surface area contributed by atoms with Gasteiger partial charge in [0.1, 0.15) is 0 Å². The van der Waals surface area contributed by atoms with Crippen LogP contribution in [0.2, 0.25) is 0 Å². The van der Waals surface area contributed by atoms with Crippen molar-refractivity contribution in [1.29, 1.82) is 0 Å². The van der Waals surface area contributed by atoms with Crippen LogP contribution in [-0.4, -0.2) is 15.9 Å². The molecule has 1 heterocycles. The summed E-state index contributed by atoms with van der Waals surface area (Å²) in [5.41, 5.74) is 1.03. The molecule has 0 atom stereocenters. The van der Waals surface area contributed by atoms with Crippen molar-refractivity contribution in [1.82, 2.24) is 4.98 Å². The van der Waals surface area contributed by atoms with Crippen LogP contribution < -0.4 is 4.74 Å². The number of aromatic nitrogens is 1. The van der Waals surface area contributed by atoms with E-state index in [1.165, 1.54) is 24.9 Å². The Balaban J connectivity index is 1.85. The monoisotopic (exact) mass is 326 g/mol. The second-order valence-corrected chi connectivity index (χ2v) is 5.95. The Labute approximate surface area is 139 Å². The molecule has 3 rings (SSSR count). The average Bonchev–Trinajstić information content (AvgIpc) is 2.63. The minimum atomic E-state index is -0.656. The molecule has 0 amide bonds. The number of pyridine rings is 1. The fraction of sp³-hybridized carbons (Fsp3) is 0.333. The first-order valence-corrected chi connectivity index (χ1v) is 8.05. The number of nitro groups is 1. The summed E-state index contributed by atoms with van der Waals surface area (Å²) in [5.74, 6) is -0.342. The molecule has 1 saturated carbocycles. The van der Waals surface area contributed by atoms with Gasteiger partial charge in [-0.3, -0.25) is 15.1 Å². The molecule has 2 aromatic rings. The maximum Gasteiger partial charge on any atom is 0.345 e. The highest BCUT2D eigenvalue weighted by molar-refractivity contribution is 5.91. The lowest BCUT2D eigenvalue weighted by Gasteiger charge is -2.22. The number of rotatable bonds is 4. The first-order valence-electron chi connectivity index (χ1n) is 8.05. The Bertz CT molecular complexity index is 740. The van der Waals surface area contributed by atoms with Crippen molar-refractivity contribution in [2.24, 2.45) is 0 Å². The van der Waals surface area contributed by atoms with Crippen LogP contribution in [0.25, 0.3) is 0 Å². The van der Waals surface area contributed by atoms with Gasteiger partial charge in [-0.15, -0.1) is 0 Å². The predicted molar refractivity (Wildman–Crippen MR) is 88.1 cm³/mol. The van der Waals surface area contributed by atoms with E-state index in [0.29, 0.717) is 5.92 Å². The van der Waals surface area contributed by atoms with E-state index in [9.17, 15) is 14.9 Å². The van der Waals surface area contributed by atoms with Crippen molar-refractivity contribution >= 4 is 11.7 Å². The Morgan fingerprint density at radius 3 is 2.67 bits per heavy atom. The zero-order valence-corrected chi connectivity index (χ0v) is 13.2. The first kappa shape index (κ1) is 16.1. The number of benzene rings is 1. The second kappa shape index (κ2) is 7.21. The smallest absolute Gasteiger partial charge is 0.345 e. The van der Waals surface area contributed by atoms with Gasteiger partial charge in [0.05, 0.1) is 10.5 Å². The third-order valence-electron chi connectivity index (χ3n) is 4.36. The summed E-state index contributed by atoms with van der Waals surface area (Å²) in [6.45, 7) is 0. The fourth-order valence-electron chi connectivity index (χ4n) is 3.10. The van der Waals surface area contributed by atoms with Gasteiger partial charge >= 0.3 is 11.7 Å². The van der Waals surface area contributed by atoms with Gasteiger partial charge in [-0.1, -0.05) is 25.3 Å². The second-order valence-electron chi connectivity index (χ2n) is 5.95. The molecule has 1 aliphatic carbocycles. The van der Waals surface area contributed by atoms with Crippen LogP contribution >= 0.6 is 0 Å². The number of esters is 1. The Kier molecular flexibility index (Phi) is 4.84. The van der Waals surface area contributed by atoms with Gasteiger partial charge in [-0.05, 0) is 42.5 Å². The van der Waals surface area contributed by atoms with Gasteiger partial charge in [0.2, 0.25) is 5.75 Å². The molecule has 0 N–H and O–H groups in total. The lowest BCUT2D eigenvalue weighted by Crippen LogP contribution is -2.11. The molecule has 6 nitrogen and oxygen atoms in total. The Hall–Kier alpha value is -2.76. The van der Waals surface area contributed by atoms with Crippen LogP contribution in [0.15, 0.2) is 42.7 Å². The minimum absolute atomic E-state index is 0.0339. The molecule has 1 aromatic carbocycles. The number of hydrogen-bond acceptors (Lipinski definition) is 5. The van der Waals surface area contributed by atoms with Crippen LogP contribution in [0.1, 0.15) is 53.9 Å². The molecule has 1 aliphatic rings. The summed E-state index contributed by atoms with van der Waals surface area (Å²) in [5, 5.41) is 11.4. The topological polar surface area (TPSA) is 82.3 Å². The largest absolute Gasteiger partial charge is 0.416 e. The lowest BCUT2D eigenvalue weighted by atomic mass is 9.84. The van der Waals surface area contributed by atoms with Gasteiger partial charge in [0.25, 0.3) is 0 Å². The van der Waals surface area contributed by atoms with Gasteiger partial charge in [0, 0.05) is 18.5 Å². The van der Waals surface area contributed by atoms with Crippen molar-refractivity contribution in [3.63, 3.8) is 0 Å². The lowest BCUT2D eigenvalue weighted by molar-refractivity contribution is -0.385. The molecule has 1 aromatic heterocycles. The van der Waals surface area contributed by atoms with E-state index in [-0.39, 0.29) is 17.0 Å². The van der Waals surface area contributed by atoms with E-state index < -0.39 is 10.9 Å². The van der Waals surface area contributed by atoms with E-state index in [0.717, 1.165) is 31.2 Å². The number of nitro benzene ring substituents is 1. The van der Waals surface area contributed by atoms with Crippen molar-refractivity contribution in [3.8, 4) is 5.75 Å². The summed E-state index contributed by atoms with van der Waals surface area (Å²) in [4.78, 5) is 26.8. The van der Waals surface area contributed by atoms with E-state index >= 15 is 0 Å². The van der Waals surface area contributed by atoms with E-state index in [1.807, 2.05) is 6.07 Å². The van der Waals surface area contributed by atoms with E-state index in [4.69, 9.17) is 4.74 Å². The predicted octanol–water partition coefficient (Wildman–Crippen LogP) is 4.26. The zero-order valence-electron chi connectivity index (χ0n) is 13.2. The van der Waals surface area contributed by atoms with Gasteiger partial charge in [-0.25, -0.2) is 4.79 Å². The first-order chi connectivity index (χ1) is 11.6. The SMILES string of the molecule is O=C(Oc1ccc(C2CCCCC2)cc1[N+](=O)[O-])c1cccnc1. The average molecular weight is 326 g/mol. The third-order valence-corrected chi connectivity index (χ3v) is 4.36. The number of carbonyl (C=O) groups is 1. The normalized spacial score (nSPS) is 15.0. The molecular formula is C18H18N2O4. The molecular weight excluding hydrogens is 308 g/mol. The summed E-state index contributed by atoms with van der Waals surface area (Å²) < 4.78 is 5.21. The molecule has 0 bridgehead atoms. The van der Waals surface area contributed by atoms with Crippen molar-refractivity contribution in [2.75, 3.05) is 0 Å². The van der Waals surface area contributed by atoms with Crippen LogP contribution in [0.5, 0.6) is 5.75 Å². The summed E-state index contributed by atoms with van der Waals surface area (Å²) in [6.07, 6.45) is 8.52. The highest BCUT2D eigenvalue weighted by Gasteiger charge is 2.23. The molecule has 0 aliphatic heterocycles. The number of carbonyl (C=O) groups excluding carboxylic acids is 1. The molecule has 0 spiro atoms. The van der Waals surface area contributed by atoms with Crippen LogP contribution in [0.3, 0.4) is 0 Å². The van der Waals surface area contributed by atoms with Gasteiger partial charge in [0.15, 0.2) is 0 Å². The van der Waals surface area contributed by atoms with Crippen molar-refractivity contribution < 1.29 is 14.5 Å². The molecule has 24 heavy (non-hydrogen) atoms. The third kappa shape index (κ3) is 3.59. The molecule has 0 saturated heterocycles. The Morgan fingerprint density at radius 2 is 2.00 bits per heavy atom. The summed E-state index contributed by atoms with van der Waals surface area (Å²) >= 11 is 0. The Morgan fingerprint density at radius 1 is 1.21 bits per heavy atom. The van der Waals surface area contributed by atoms with Crippen LogP contribution in [0, 0.1) is 10.1 Å². The highest BCUT2D eigenvalue weighted by atomic mass is 16.6. The van der Waals surface area contributed by atoms with Gasteiger partial charge in [-0.2, -0.15) is 0 Å². The molecule has 6 heteroatoms. The maximum absolute atomic E-state index is 12.1. The van der Waals surface area contributed by atoms with Crippen molar-refractivity contribution in [3.05, 3.63) is 64.0 Å². The fourth-order valence-corrected chi connectivity index (χ4v) is 3.10. The van der Waals surface area contributed by atoms with Crippen LogP contribution in [-0.2, 0) is 0 Å². The molecule has 0 radical (unpaired) electrons. The number of nitrogens with zero attached hydrogens (tertiary/aromatic N) is 2. The van der Waals surface area contributed by atoms with Gasteiger partial charge < -0.3 is 4.74 Å². The quantitative estimate of drug-likeness (QED) is 0.363. The van der Waals surface area contributed by atoms with E-state index in [1.54, 1.807) is 18.2 Å². The molecule has 124 valence electrons. The summed E-state index contributed by atoms with van der Waals surface area (Å²) in [6, 6.07) is 8.06. The molecule has 1 fully saturated rings.